The zero-order valence-electron chi connectivity index (χ0n) is 6.81. The molecule has 0 N–H and O–H groups in total. The lowest BCUT2D eigenvalue weighted by Gasteiger charge is -2.02. The predicted octanol–water partition coefficient (Wildman–Crippen LogP) is 3.51. The van der Waals surface area contributed by atoms with Crippen LogP contribution in [0.4, 0.5) is 0 Å². The summed E-state index contributed by atoms with van der Waals surface area (Å²) in [5.41, 5.74) is 2.61. The van der Waals surface area contributed by atoms with E-state index in [-0.39, 0.29) is 0 Å². The standard InChI is InChI=1S/C11H10I/c1-2-8-3-6-11(12)10(7-8)9-4-5-9/h3,6-7,9H,1,4-5H2. The molecular weight excluding hydrogens is 259 g/mol. The Balaban J connectivity index is 2.42. The Morgan fingerprint density at radius 3 is 2.75 bits per heavy atom. The minimum atomic E-state index is 0.824. The molecule has 1 fully saturated rings. The Labute approximate surface area is 86.8 Å². The first kappa shape index (κ1) is 8.30. The van der Waals surface area contributed by atoms with Crippen LogP contribution < -0.4 is 0 Å². The molecule has 0 spiro atoms. The van der Waals surface area contributed by atoms with Crippen LogP contribution in [0.5, 0.6) is 0 Å². The summed E-state index contributed by atoms with van der Waals surface area (Å²) in [7, 11) is 0. The fraction of sp³-hybridized carbons (Fsp3) is 0.273. The van der Waals surface area contributed by atoms with E-state index in [2.05, 4.69) is 53.4 Å². The summed E-state index contributed by atoms with van der Waals surface area (Å²) in [6.45, 7) is 3.65. The largest absolute Gasteiger partial charge is 0.0906 e. The third-order valence-corrected chi connectivity index (χ3v) is 3.20. The summed E-state index contributed by atoms with van der Waals surface area (Å²) >= 11 is 2.40. The highest BCUT2D eigenvalue weighted by molar-refractivity contribution is 14.1. The van der Waals surface area contributed by atoms with Gasteiger partial charge < -0.3 is 0 Å². The monoisotopic (exact) mass is 269 g/mol. The van der Waals surface area contributed by atoms with Crippen molar-refractivity contribution in [2.75, 3.05) is 0 Å². The zero-order chi connectivity index (χ0) is 8.55. The molecule has 12 heavy (non-hydrogen) atoms. The van der Waals surface area contributed by atoms with Crippen LogP contribution in [0.1, 0.15) is 29.9 Å². The van der Waals surface area contributed by atoms with E-state index in [0.717, 1.165) is 11.5 Å². The number of hydrogen-bond acceptors (Lipinski definition) is 0. The molecule has 0 amide bonds. The van der Waals surface area contributed by atoms with E-state index >= 15 is 0 Å². The Morgan fingerprint density at radius 1 is 1.42 bits per heavy atom. The van der Waals surface area contributed by atoms with Crippen molar-refractivity contribution in [2.45, 2.75) is 18.8 Å². The van der Waals surface area contributed by atoms with Gasteiger partial charge in [0, 0.05) is 3.57 Å². The average Bonchev–Trinajstić information content (AvgIpc) is 2.88. The van der Waals surface area contributed by atoms with E-state index < -0.39 is 0 Å². The van der Waals surface area contributed by atoms with Gasteiger partial charge in [-0.05, 0) is 70.7 Å². The molecule has 0 unspecified atom stereocenters. The topological polar surface area (TPSA) is 0 Å². The van der Waals surface area contributed by atoms with E-state index in [9.17, 15) is 0 Å². The van der Waals surface area contributed by atoms with Crippen LogP contribution in [0.3, 0.4) is 0 Å². The SMILES string of the molecule is C=[C]c1ccc(I)c(C2CC2)c1. The summed E-state index contributed by atoms with van der Waals surface area (Å²) in [6.07, 6.45) is 5.64. The third-order valence-electron chi connectivity index (χ3n) is 2.22. The van der Waals surface area contributed by atoms with Gasteiger partial charge in [0.1, 0.15) is 0 Å². The van der Waals surface area contributed by atoms with Crippen molar-refractivity contribution in [1.82, 2.24) is 0 Å². The quantitative estimate of drug-likeness (QED) is 0.721. The molecule has 0 nitrogen and oxygen atoms in total. The summed E-state index contributed by atoms with van der Waals surface area (Å²) in [5, 5.41) is 0. The van der Waals surface area contributed by atoms with Crippen LogP contribution in [0.25, 0.3) is 0 Å². The molecule has 1 aromatic carbocycles. The second kappa shape index (κ2) is 3.21. The summed E-state index contributed by atoms with van der Waals surface area (Å²) in [4.78, 5) is 0. The lowest BCUT2D eigenvalue weighted by Crippen LogP contribution is -1.86. The molecule has 1 radical (unpaired) electrons. The summed E-state index contributed by atoms with van der Waals surface area (Å²) < 4.78 is 1.38. The number of benzene rings is 1. The van der Waals surface area contributed by atoms with E-state index in [1.165, 1.54) is 22.0 Å². The van der Waals surface area contributed by atoms with Gasteiger partial charge in [0.15, 0.2) is 0 Å². The molecule has 1 saturated carbocycles. The molecule has 0 atom stereocenters. The van der Waals surface area contributed by atoms with Gasteiger partial charge in [-0.3, -0.25) is 0 Å². The molecule has 0 aliphatic heterocycles. The second-order valence-corrected chi connectivity index (χ2v) is 4.35. The summed E-state index contributed by atoms with van der Waals surface area (Å²) in [6, 6.07) is 6.44. The Hall–Kier alpha value is -0.310. The van der Waals surface area contributed by atoms with Crippen LogP contribution in [-0.4, -0.2) is 0 Å². The van der Waals surface area contributed by atoms with E-state index in [1.807, 2.05) is 0 Å². The molecule has 2 rings (SSSR count). The van der Waals surface area contributed by atoms with Crippen LogP contribution in [0.15, 0.2) is 24.8 Å². The van der Waals surface area contributed by atoms with Gasteiger partial charge in [0.05, 0.1) is 0 Å². The maximum absolute atomic E-state index is 3.65. The maximum atomic E-state index is 3.65. The van der Waals surface area contributed by atoms with Crippen LogP contribution in [0, 0.1) is 9.65 Å². The van der Waals surface area contributed by atoms with Crippen molar-refractivity contribution in [1.29, 1.82) is 0 Å². The van der Waals surface area contributed by atoms with Crippen molar-refractivity contribution in [3.05, 3.63) is 45.6 Å². The molecule has 1 aliphatic carbocycles. The van der Waals surface area contributed by atoms with Crippen molar-refractivity contribution in [3.8, 4) is 0 Å². The molecule has 0 heterocycles. The van der Waals surface area contributed by atoms with Gasteiger partial charge in [0.2, 0.25) is 0 Å². The number of hydrogen-bond donors (Lipinski definition) is 0. The zero-order valence-corrected chi connectivity index (χ0v) is 8.97. The molecular formula is C11H10I. The highest BCUT2D eigenvalue weighted by Crippen LogP contribution is 2.42. The first-order valence-corrected chi connectivity index (χ1v) is 5.21. The predicted molar refractivity (Wildman–Crippen MR) is 59.1 cm³/mol. The highest BCUT2D eigenvalue weighted by atomic mass is 127. The molecule has 1 aromatic rings. The van der Waals surface area contributed by atoms with Gasteiger partial charge in [-0.2, -0.15) is 0 Å². The van der Waals surface area contributed by atoms with E-state index in [4.69, 9.17) is 0 Å². The number of rotatable bonds is 2. The van der Waals surface area contributed by atoms with E-state index in [0.29, 0.717) is 0 Å². The molecule has 0 saturated heterocycles. The fourth-order valence-electron chi connectivity index (χ4n) is 1.36. The first-order chi connectivity index (χ1) is 5.81. The average molecular weight is 269 g/mol. The smallest absolute Gasteiger partial charge is 0.0165 e. The van der Waals surface area contributed by atoms with Gasteiger partial charge in [0.25, 0.3) is 0 Å². The van der Waals surface area contributed by atoms with Crippen LogP contribution in [0.2, 0.25) is 0 Å². The highest BCUT2D eigenvalue weighted by Gasteiger charge is 2.25. The van der Waals surface area contributed by atoms with Gasteiger partial charge in [-0.25, -0.2) is 0 Å². The minimum absolute atomic E-state index is 0.824. The maximum Gasteiger partial charge on any atom is 0.0165 e. The second-order valence-electron chi connectivity index (χ2n) is 3.19. The molecule has 0 aromatic heterocycles. The Kier molecular flexibility index (Phi) is 2.22. The van der Waals surface area contributed by atoms with Crippen LogP contribution in [-0.2, 0) is 0 Å². The van der Waals surface area contributed by atoms with Crippen molar-refractivity contribution in [2.24, 2.45) is 0 Å². The molecule has 1 heteroatoms. The lowest BCUT2D eigenvalue weighted by atomic mass is 10.1. The minimum Gasteiger partial charge on any atom is -0.0906 e. The first-order valence-electron chi connectivity index (χ1n) is 4.14. The van der Waals surface area contributed by atoms with Crippen LogP contribution >= 0.6 is 22.6 Å². The van der Waals surface area contributed by atoms with Gasteiger partial charge in [-0.15, -0.1) is 0 Å². The third kappa shape index (κ3) is 1.56. The molecule has 1 aliphatic rings. The fourth-order valence-corrected chi connectivity index (χ4v) is 2.14. The Morgan fingerprint density at radius 2 is 2.17 bits per heavy atom. The van der Waals surface area contributed by atoms with Crippen molar-refractivity contribution >= 4 is 22.6 Å². The van der Waals surface area contributed by atoms with Crippen molar-refractivity contribution < 1.29 is 0 Å². The summed E-state index contributed by atoms with van der Waals surface area (Å²) in [5.74, 6) is 0.824. The van der Waals surface area contributed by atoms with Gasteiger partial charge >= 0.3 is 0 Å². The molecule has 0 bridgehead atoms. The van der Waals surface area contributed by atoms with Gasteiger partial charge in [-0.1, -0.05) is 12.6 Å². The van der Waals surface area contributed by atoms with Crippen molar-refractivity contribution in [3.63, 3.8) is 0 Å². The molecule has 61 valence electrons. The Bertz CT molecular complexity index is 311. The normalized spacial score (nSPS) is 16.1. The van der Waals surface area contributed by atoms with E-state index in [1.54, 1.807) is 0 Å². The lowest BCUT2D eigenvalue weighted by molar-refractivity contribution is 1.11. The number of halogens is 1.